The van der Waals surface area contributed by atoms with Gasteiger partial charge in [-0.1, -0.05) is 18.2 Å². The first-order valence-corrected chi connectivity index (χ1v) is 10.5. The van der Waals surface area contributed by atoms with E-state index in [1.165, 1.54) is 10.6 Å². The van der Waals surface area contributed by atoms with Gasteiger partial charge < -0.3 is 10.8 Å². The predicted octanol–water partition coefficient (Wildman–Crippen LogP) is 3.98. The number of anilines is 1. The first-order valence-electron chi connectivity index (χ1n) is 10.5. The van der Waals surface area contributed by atoms with Crippen molar-refractivity contribution in [1.29, 1.82) is 5.26 Å². The number of benzene rings is 2. The smallest absolute Gasteiger partial charge is 0.199 e. The average Bonchev–Trinajstić information content (AvgIpc) is 3.31. The second kappa shape index (κ2) is 8.55. The van der Waals surface area contributed by atoms with Crippen molar-refractivity contribution in [3.63, 3.8) is 0 Å². The summed E-state index contributed by atoms with van der Waals surface area (Å²) in [6.07, 6.45) is 1.47. The van der Waals surface area contributed by atoms with Gasteiger partial charge in [0.15, 0.2) is 17.3 Å². The van der Waals surface area contributed by atoms with E-state index in [1.807, 2.05) is 6.92 Å². The van der Waals surface area contributed by atoms with Crippen LogP contribution in [0.3, 0.4) is 0 Å². The molecule has 0 saturated carbocycles. The zero-order chi connectivity index (χ0) is 24.7. The van der Waals surface area contributed by atoms with Crippen LogP contribution in [0.5, 0.6) is 0 Å². The van der Waals surface area contributed by atoms with Crippen molar-refractivity contribution in [1.82, 2.24) is 24.6 Å². The molecule has 8 nitrogen and oxygen atoms in total. The van der Waals surface area contributed by atoms with Crippen molar-refractivity contribution < 1.29 is 13.9 Å². The van der Waals surface area contributed by atoms with Gasteiger partial charge in [-0.15, -0.1) is 5.10 Å². The molecule has 3 heterocycles. The third kappa shape index (κ3) is 3.74. The number of aryl methyl sites for hydroxylation is 1. The molecule has 0 aliphatic carbocycles. The topological polar surface area (TPSA) is 126 Å². The lowest BCUT2D eigenvalue weighted by Crippen LogP contribution is -2.08. The summed E-state index contributed by atoms with van der Waals surface area (Å²) in [5, 5.41) is 24.5. The number of nitrogens with two attached hydrogens (primary N) is 1. The summed E-state index contributed by atoms with van der Waals surface area (Å²) >= 11 is 0. The molecule has 3 aromatic heterocycles. The molecule has 0 bridgehead atoms. The van der Waals surface area contributed by atoms with Gasteiger partial charge in [0.2, 0.25) is 0 Å². The number of hydrogen-bond acceptors (Lipinski definition) is 7. The van der Waals surface area contributed by atoms with E-state index in [1.54, 1.807) is 42.7 Å². The number of halogens is 2. The zero-order valence-corrected chi connectivity index (χ0v) is 18.3. The molecule has 1 atom stereocenters. The molecule has 35 heavy (non-hydrogen) atoms. The van der Waals surface area contributed by atoms with Gasteiger partial charge >= 0.3 is 0 Å². The number of nitrogen functional groups attached to an aromatic ring is 1. The lowest BCUT2D eigenvalue weighted by molar-refractivity contribution is 0.199. The number of pyridine rings is 1. The minimum absolute atomic E-state index is 0.0159. The number of aliphatic hydroxyl groups is 1. The fraction of sp³-hybridized carbons (Fsp3) is 0.0800. The highest BCUT2D eigenvalue weighted by Crippen LogP contribution is 2.35. The Labute approximate surface area is 198 Å². The monoisotopic (exact) mass is 469 g/mol. The number of aliphatic hydroxyl groups excluding tert-OH is 1. The van der Waals surface area contributed by atoms with Gasteiger partial charge in [-0.25, -0.2) is 23.3 Å². The summed E-state index contributed by atoms with van der Waals surface area (Å²) in [5.41, 5.74) is 9.12. The van der Waals surface area contributed by atoms with Crippen LogP contribution in [0.2, 0.25) is 0 Å². The molecule has 0 radical (unpaired) electrons. The Hall–Kier alpha value is -4.75. The summed E-state index contributed by atoms with van der Waals surface area (Å²) in [6.45, 7) is 1.85. The quantitative estimate of drug-likeness (QED) is 0.408. The number of nitriles is 1. The molecule has 1 unspecified atom stereocenters. The van der Waals surface area contributed by atoms with Gasteiger partial charge in [-0.3, -0.25) is 4.98 Å². The van der Waals surface area contributed by atoms with E-state index in [2.05, 4.69) is 26.1 Å². The number of fused-ring (bicyclic) bond motifs is 1. The second-order valence-corrected chi connectivity index (χ2v) is 7.82. The molecule has 0 aliphatic rings. The zero-order valence-electron chi connectivity index (χ0n) is 18.3. The van der Waals surface area contributed by atoms with Crippen molar-refractivity contribution in [2.75, 3.05) is 5.73 Å². The van der Waals surface area contributed by atoms with E-state index >= 15 is 0 Å². The maximum Gasteiger partial charge on any atom is 0.199 e. The molecule has 2 aromatic carbocycles. The standard InChI is InChI=1S/C25H17F2N7O/c1-13-12-30-9-8-16(13)21-20(15-5-2-4-14(10-15)11-28)31-23(29)25-32-24(33-34(21)25)22(35)19-17(26)6-3-7-18(19)27/h2-10,12,22,35H,1H3,(H2,29,31). The van der Waals surface area contributed by atoms with Gasteiger partial charge in [0, 0.05) is 23.5 Å². The van der Waals surface area contributed by atoms with Crippen molar-refractivity contribution in [2.45, 2.75) is 13.0 Å². The van der Waals surface area contributed by atoms with Crippen LogP contribution in [0, 0.1) is 29.9 Å². The molecule has 10 heteroatoms. The fourth-order valence-corrected chi connectivity index (χ4v) is 3.91. The van der Waals surface area contributed by atoms with Crippen LogP contribution < -0.4 is 5.73 Å². The van der Waals surface area contributed by atoms with Crippen LogP contribution in [0.1, 0.15) is 28.6 Å². The number of nitrogens with zero attached hydrogens (tertiary/aromatic N) is 6. The lowest BCUT2D eigenvalue weighted by atomic mass is 10.0. The summed E-state index contributed by atoms with van der Waals surface area (Å²) in [5.74, 6) is -2.13. The van der Waals surface area contributed by atoms with Crippen LogP contribution in [-0.4, -0.2) is 29.7 Å². The van der Waals surface area contributed by atoms with E-state index in [0.29, 0.717) is 28.1 Å². The Morgan fingerprint density at radius 1 is 1.09 bits per heavy atom. The van der Waals surface area contributed by atoms with E-state index in [0.717, 1.165) is 17.7 Å². The van der Waals surface area contributed by atoms with Crippen LogP contribution >= 0.6 is 0 Å². The van der Waals surface area contributed by atoms with Crippen molar-refractivity contribution in [3.8, 4) is 28.6 Å². The van der Waals surface area contributed by atoms with Gasteiger partial charge in [-0.2, -0.15) is 5.26 Å². The Morgan fingerprint density at radius 3 is 2.54 bits per heavy atom. The molecule has 0 fully saturated rings. The molecule has 0 spiro atoms. The third-order valence-corrected chi connectivity index (χ3v) is 5.58. The fourth-order valence-electron chi connectivity index (χ4n) is 3.91. The molecule has 0 aliphatic heterocycles. The number of rotatable bonds is 4. The summed E-state index contributed by atoms with van der Waals surface area (Å²) in [7, 11) is 0. The van der Waals surface area contributed by atoms with Gasteiger partial charge in [0.1, 0.15) is 23.4 Å². The predicted molar refractivity (Wildman–Crippen MR) is 124 cm³/mol. The number of hydrogen-bond donors (Lipinski definition) is 2. The maximum absolute atomic E-state index is 14.3. The first-order chi connectivity index (χ1) is 16.9. The van der Waals surface area contributed by atoms with Crippen molar-refractivity contribution in [3.05, 3.63) is 95.1 Å². The SMILES string of the molecule is Cc1cnccc1-c1c(-c2cccc(C#N)c2)nc(N)c2nc(C(O)c3c(F)cccc3F)nn12. The Bertz CT molecular complexity index is 1620. The summed E-state index contributed by atoms with van der Waals surface area (Å²) in [4.78, 5) is 12.9. The molecule has 5 rings (SSSR count). The van der Waals surface area contributed by atoms with Crippen LogP contribution in [0.25, 0.3) is 28.2 Å². The number of aromatic nitrogens is 5. The third-order valence-electron chi connectivity index (χ3n) is 5.58. The van der Waals surface area contributed by atoms with Gasteiger partial charge in [-0.05, 0) is 42.8 Å². The minimum atomic E-state index is -1.78. The molecule has 0 amide bonds. The maximum atomic E-state index is 14.3. The Balaban J connectivity index is 1.82. The van der Waals surface area contributed by atoms with E-state index in [9.17, 15) is 19.1 Å². The van der Waals surface area contributed by atoms with Crippen LogP contribution in [0.15, 0.2) is 60.9 Å². The molecule has 0 saturated heterocycles. The van der Waals surface area contributed by atoms with Crippen molar-refractivity contribution in [2.24, 2.45) is 0 Å². The van der Waals surface area contributed by atoms with Crippen LogP contribution in [-0.2, 0) is 0 Å². The average molecular weight is 469 g/mol. The molecular weight excluding hydrogens is 452 g/mol. The lowest BCUT2D eigenvalue weighted by Gasteiger charge is -2.14. The Kier molecular flexibility index (Phi) is 5.39. The summed E-state index contributed by atoms with van der Waals surface area (Å²) < 4.78 is 30.1. The highest BCUT2D eigenvalue weighted by Gasteiger charge is 2.27. The van der Waals surface area contributed by atoms with Gasteiger partial charge in [0.25, 0.3) is 0 Å². The normalized spacial score (nSPS) is 12.0. The molecule has 5 aromatic rings. The Morgan fingerprint density at radius 2 is 1.83 bits per heavy atom. The van der Waals surface area contributed by atoms with E-state index < -0.39 is 23.3 Å². The van der Waals surface area contributed by atoms with Crippen molar-refractivity contribution >= 4 is 11.5 Å². The summed E-state index contributed by atoms with van der Waals surface area (Å²) in [6, 6.07) is 14.0. The minimum Gasteiger partial charge on any atom is -0.381 e. The van der Waals surface area contributed by atoms with Gasteiger partial charge in [0.05, 0.1) is 22.9 Å². The van der Waals surface area contributed by atoms with Crippen LogP contribution in [0.4, 0.5) is 14.6 Å². The highest BCUT2D eigenvalue weighted by molar-refractivity contribution is 5.84. The largest absolute Gasteiger partial charge is 0.381 e. The molecular formula is C25H17F2N7O. The molecule has 3 N–H and O–H groups in total. The second-order valence-electron chi connectivity index (χ2n) is 7.82. The van der Waals surface area contributed by atoms with E-state index in [4.69, 9.17) is 5.73 Å². The highest BCUT2D eigenvalue weighted by atomic mass is 19.1. The first kappa shape index (κ1) is 22.1. The van der Waals surface area contributed by atoms with E-state index in [-0.39, 0.29) is 17.3 Å². The molecule has 172 valence electrons.